The first-order chi connectivity index (χ1) is 14.3. The molecular weight excluding hydrogens is 425 g/mol. The molecule has 30 heavy (non-hydrogen) atoms. The maximum Gasteiger partial charge on any atom is 0.295 e. The normalized spacial score (nSPS) is 10.9. The first-order valence-electron chi connectivity index (χ1n) is 8.83. The van der Waals surface area contributed by atoms with Gasteiger partial charge in [-0.05, 0) is 55.1 Å². The van der Waals surface area contributed by atoms with E-state index in [9.17, 15) is 14.0 Å². The van der Waals surface area contributed by atoms with Crippen molar-refractivity contribution in [2.45, 2.75) is 13.8 Å². The van der Waals surface area contributed by atoms with E-state index < -0.39 is 11.8 Å². The van der Waals surface area contributed by atoms with Crippen molar-refractivity contribution in [2.75, 3.05) is 5.32 Å². The van der Waals surface area contributed by atoms with Gasteiger partial charge in [0.15, 0.2) is 5.82 Å². The van der Waals surface area contributed by atoms with Crippen molar-refractivity contribution < 1.29 is 14.0 Å². The van der Waals surface area contributed by atoms with Gasteiger partial charge in [-0.1, -0.05) is 6.07 Å². The van der Waals surface area contributed by atoms with Gasteiger partial charge in [0.25, 0.3) is 11.8 Å². The van der Waals surface area contributed by atoms with Gasteiger partial charge in [0, 0.05) is 4.88 Å². The minimum absolute atomic E-state index is 0.0816. The summed E-state index contributed by atoms with van der Waals surface area (Å²) >= 11 is 2.70. The molecule has 0 aliphatic carbocycles. The van der Waals surface area contributed by atoms with E-state index in [0.29, 0.717) is 16.5 Å². The molecule has 0 aliphatic rings. The molecule has 3 aromatic heterocycles. The first kappa shape index (κ1) is 19.9. The number of nitrogens with zero attached hydrogens (tertiary/aromatic N) is 3. The number of halogens is 1. The lowest BCUT2D eigenvalue weighted by atomic mass is 10.1. The Morgan fingerprint density at radius 2 is 1.90 bits per heavy atom. The van der Waals surface area contributed by atoms with Gasteiger partial charge in [-0.2, -0.15) is 0 Å². The molecule has 4 rings (SSSR count). The van der Waals surface area contributed by atoms with E-state index in [1.165, 1.54) is 39.5 Å². The van der Waals surface area contributed by atoms with E-state index in [1.807, 2.05) is 24.4 Å². The topological polar surface area (TPSA) is 103 Å². The fourth-order valence-corrected chi connectivity index (χ4v) is 4.67. The summed E-state index contributed by atoms with van der Waals surface area (Å²) in [4.78, 5) is 30.8. The van der Waals surface area contributed by atoms with Crippen LogP contribution in [0.15, 0.2) is 41.8 Å². The van der Waals surface area contributed by atoms with Gasteiger partial charge in [-0.15, -0.1) is 27.8 Å². The Morgan fingerprint density at radius 1 is 1.17 bits per heavy atom. The molecule has 0 unspecified atom stereocenters. The zero-order chi connectivity index (χ0) is 21.4. The second kappa shape index (κ2) is 7.81. The Labute approximate surface area is 179 Å². The quantitative estimate of drug-likeness (QED) is 0.485. The highest BCUT2D eigenvalue weighted by Crippen LogP contribution is 2.32. The fourth-order valence-electron chi connectivity index (χ4n) is 2.91. The molecule has 0 spiro atoms. The molecule has 0 atom stereocenters. The van der Waals surface area contributed by atoms with Gasteiger partial charge in [0.1, 0.15) is 10.8 Å². The highest BCUT2D eigenvalue weighted by molar-refractivity contribution is 7.16. The lowest BCUT2D eigenvalue weighted by Gasteiger charge is -2.04. The van der Waals surface area contributed by atoms with Gasteiger partial charge in [0.05, 0.1) is 16.1 Å². The lowest BCUT2D eigenvalue weighted by Crippen LogP contribution is -2.18. The summed E-state index contributed by atoms with van der Waals surface area (Å²) in [5.74, 6) is -1.19. The summed E-state index contributed by atoms with van der Waals surface area (Å²) in [5, 5.41) is 9.28. The van der Waals surface area contributed by atoms with Crippen LogP contribution >= 0.6 is 22.7 Å². The van der Waals surface area contributed by atoms with Crippen LogP contribution in [-0.2, 0) is 0 Å². The van der Waals surface area contributed by atoms with E-state index in [1.54, 1.807) is 19.1 Å². The number of hydrogen-bond donors (Lipinski definition) is 2. The minimum atomic E-state index is -0.615. The Morgan fingerprint density at radius 3 is 2.53 bits per heavy atom. The molecular formula is C20H16FN5O2S2. The van der Waals surface area contributed by atoms with Gasteiger partial charge < -0.3 is 11.1 Å². The summed E-state index contributed by atoms with van der Waals surface area (Å²) in [6.07, 6.45) is 0. The highest BCUT2D eigenvalue weighted by atomic mass is 32.1. The summed E-state index contributed by atoms with van der Waals surface area (Å²) in [7, 11) is 0. The number of hydrogen-bond acceptors (Lipinski definition) is 6. The molecule has 1 aromatic carbocycles. The maximum absolute atomic E-state index is 13.3. The van der Waals surface area contributed by atoms with Crippen molar-refractivity contribution in [1.29, 1.82) is 0 Å². The maximum atomic E-state index is 13.3. The number of thiophene rings is 2. The largest absolute Gasteiger partial charge is 0.365 e. The van der Waals surface area contributed by atoms with Crippen molar-refractivity contribution in [1.82, 2.24) is 14.8 Å². The van der Waals surface area contributed by atoms with Crippen LogP contribution in [0.2, 0.25) is 0 Å². The number of carbonyl (C=O) groups excluding carboxylic acids is 2. The molecule has 2 amide bonds. The molecule has 0 saturated carbocycles. The molecule has 152 valence electrons. The SMILES string of the molecule is Cc1sc(NC(=O)c2nc(-c3cccs3)n(-c3ccc(F)cc3)n2)c(C(N)=O)c1C. The number of nitrogens with one attached hydrogen (secondary N) is 1. The van der Waals surface area contributed by atoms with Crippen LogP contribution in [0.4, 0.5) is 9.39 Å². The minimum Gasteiger partial charge on any atom is -0.365 e. The van der Waals surface area contributed by atoms with E-state index >= 15 is 0 Å². The Hall–Kier alpha value is -3.37. The second-order valence-corrected chi connectivity index (χ2v) is 8.60. The van der Waals surface area contributed by atoms with Crippen LogP contribution in [0.25, 0.3) is 16.4 Å². The highest BCUT2D eigenvalue weighted by Gasteiger charge is 2.23. The predicted octanol–water partition coefficient (Wildman–Crippen LogP) is 4.16. The van der Waals surface area contributed by atoms with Crippen LogP contribution in [0.3, 0.4) is 0 Å². The third-order valence-corrected chi connectivity index (χ3v) is 6.47. The molecule has 3 N–H and O–H groups in total. The summed E-state index contributed by atoms with van der Waals surface area (Å²) in [6, 6.07) is 9.45. The van der Waals surface area contributed by atoms with Crippen LogP contribution in [0.5, 0.6) is 0 Å². The van der Waals surface area contributed by atoms with Crippen molar-refractivity contribution in [2.24, 2.45) is 5.73 Å². The predicted molar refractivity (Wildman–Crippen MR) is 115 cm³/mol. The lowest BCUT2D eigenvalue weighted by molar-refractivity contribution is 0.100. The van der Waals surface area contributed by atoms with Gasteiger partial charge in [-0.25, -0.2) is 14.1 Å². The van der Waals surface area contributed by atoms with Crippen molar-refractivity contribution in [3.05, 3.63) is 69.4 Å². The number of aryl methyl sites for hydroxylation is 1. The summed E-state index contributed by atoms with van der Waals surface area (Å²) in [6.45, 7) is 3.62. The van der Waals surface area contributed by atoms with Crippen LogP contribution < -0.4 is 11.1 Å². The third-order valence-electron chi connectivity index (χ3n) is 4.48. The standard InChI is InChI=1S/C20H16FN5O2S2/c1-10-11(2)30-20(15(10)16(22)27)24-19(28)17-23-18(14-4-3-9-29-14)26(25-17)13-7-5-12(21)6-8-13/h3-9H,1-2H3,(H2,22,27)(H,24,28). The zero-order valence-electron chi connectivity index (χ0n) is 16.0. The molecule has 7 nitrogen and oxygen atoms in total. The molecule has 0 radical (unpaired) electrons. The molecule has 3 heterocycles. The molecule has 0 fully saturated rings. The molecule has 4 aromatic rings. The van der Waals surface area contributed by atoms with E-state index in [2.05, 4.69) is 15.4 Å². The van der Waals surface area contributed by atoms with Gasteiger partial charge >= 0.3 is 0 Å². The van der Waals surface area contributed by atoms with Gasteiger partial charge in [0.2, 0.25) is 5.82 Å². The number of primary amides is 1. The van der Waals surface area contributed by atoms with Crippen LogP contribution in [-0.4, -0.2) is 26.6 Å². The number of benzene rings is 1. The smallest absolute Gasteiger partial charge is 0.295 e. The second-order valence-electron chi connectivity index (χ2n) is 6.43. The van der Waals surface area contributed by atoms with Crippen LogP contribution in [0, 0.1) is 19.7 Å². The molecule has 0 bridgehead atoms. The van der Waals surface area contributed by atoms with Crippen molar-refractivity contribution in [3.8, 4) is 16.4 Å². The average Bonchev–Trinajstić information content (AvgIpc) is 3.42. The Kier molecular flexibility index (Phi) is 5.18. The van der Waals surface area contributed by atoms with Crippen molar-refractivity contribution in [3.63, 3.8) is 0 Å². The van der Waals surface area contributed by atoms with E-state index in [4.69, 9.17) is 5.73 Å². The number of rotatable bonds is 5. The van der Waals surface area contributed by atoms with Crippen molar-refractivity contribution >= 4 is 39.5 Å². The first-order valence-corrected chi connectivity index (χ1v) is 10.5. The molecule has 10 heteroatoms. The monoisotopic (exact) mass is 441 g/mol. The molecule has 0 saturated heterocycles. The number of carbonyl (C=O) groups is 2. The molecule has 0 aliphatic heterocycles. The van der Waals surface area contributed by atoms with Gasteiger partial charge in [-0.3, -0.25) is 9.59 Å². The zero-order valence-corrected chi connectivity index (χ0v) is 17.6. The number of anilines is 1. The van der Waals surface area contributed by atoms with E-state index in [0.717, 1.165) is 15.3 Å². The third kappa shape index (κ3) is 3.62. The Balaban J connectivity index is 1.74. The Bertz CT molecular complexity index is 1240. The van der Waals surface area contributed by atoms with E-state index in [-0.39, 0.29) is 17.2 Å². The number of amides is 2. The summed E-state index contributed by atoms with van der Waals surface area (Å²) in [5.41, 5.74) is 7.05. The number of nitrogens with two attached hydrogens (primary N) is 1. The van der Waals surface area contributed by atoms with Crippen LogP contribution in [0.1, 0.15) is 31.4 Å². The number of aromatic nitrogens is 3. The average molecular weight is 442 g/mol. The fraction of sp³-hybridized carbons (Fsp3) is 0.100. The summed E-state index contributed by atoms with van der Waals surface area (Å²) < 4.78 is 14.8.